The largest absolute Gasteiger partial charge is 0.481 e. The highest BCUT2D eigenvalue weighted by Crippen LogP contribution is 2.31. The zero-order valence-electron chi connectivity index (χ0n) is 20.8. The van der Waals surface area contributed by atoms with Crippen molar-refractivity contribution in [2.75, 3.05) is 19.8 Å². The molecule has 198 valence electrons. The minimum Gasteiger partial charge on any atom is -0.481 e. The lowest BCUT2D eigenvalue weighted by Gasteiger charge is -2.24. The summed E-state index contributed by atoms with van der Waals surface area (Å²) in [6, 6.07) is 9.50. The fraction of sp³-hybridized carbons (Fsp3) is 0.259. The lowest BCUT2D eigenvalue weighted by Crippen LogP contribution is -2.39. The molecule has 0 aliphatic carbocycles. The molecule has 0 fully saturated rings. The van der Waals surface area contributed by atoms with Gasteiger partial charge in [0.2, 0.25) is 0 Å². The second kappa shape index (κ2) is 11.7. The summed E-state index contributed by atoms with van der Waals surface area (Å²) < 4.78 is 31.2. The van der Waals surface area contributed by atoms with E-state index in [1.807, 2.05) is 0 Å². The topological polar surface area (TPSA) is 96.2 Å². The number of thiazole rings is 1. The van der Waals surface area contributed by atoms with E-state index in [-0.39, 0.29) is 29.9 Å². The number of fused-ring (bicyclic) bond motifs is 1. The van der Waals surface area contributed by atoms with E-state index in [0.717, 1.165) is 11.3 Å². The monoisotopic (exact) mass is 558 g/mol. The van der Waals surface area contributed by atoms with Crippen LogP contribution in [-0.2, 0) is 19.1 Å². The zero-order chi connectivity index (χ0) is 27.4. The van der Waals surface area contributed by atoms with E-state index in [1.165, 1.54) is 28.8 Å². The van der Waals surface area contributed by atoms with Gasteiger partial charge in [-0.15, -0.1) is 0 Å². The van der Waals surface area contributed by atoms with Crippen LogP contribution in [-0.4, -0.2) is 36.3 Å². The first-order valence-corrected chi connectivity index (χ1v) is 13.0. The van der Waals surface area contributed by atoms with E-state index >= 15 is 0 Å². The predicted octanol–water partition coefficient (Wildman–Crippen LogP) is 3.53. The molecule has 0 spiro atoms. The molecule has 11 heteroatoms. The third kappa shape index (κ3) is 5.71. The fourth-order valence-corrected chi connectivity index (χ4v) is 5.21. The van der Waals surface area contributed by atoms with E-state index in [2.05, 4.69) is 4.99 Å². The summed E-state index contributed by atoms with van der Waals surface area (Å²) >= 11 is 7.31. The van der Waals surface area contributed by atoms with Crippen LogP contribution in [0.25, 0.3) is 6.08 Å². The van der Waals surface area contributed by atoms with Gasteiger partial charge in [-0.3, -0.25) is 9.36 Å². The van der Waals surface area contributed by atoms with Gasteiger partial charge in [0.25, 0.3) is 5.56 Å². The Morgan fingerprint density at radius 3 is 2.53 bits per heavy atom. The van der Waals surface area contributed by atoms with Crippen LogP contribution in [0.2, 0.25) is 5.02 Å². The van der Waals surface area contributed by atoms with Gasteiger partial charge in [0.05, 0.1) is 35.1 Å². The smallest absolute Gasteiger partial charge is 0.344 e. The molecule has 0 radical (unpaired) electrons. The number of nitrogens with zero attached hydrogens (tertiary/aromatic N) is 2. The molecule has 3 aromatic rings. The summed E-state index contributed by atoms with van der Waals surface area (Å²) in [5.41, 5.74) is 1.16. The standard InChI is InChI=1S/C27H24ClFN2O6S/c1-4-35-22(32)14-37-20-11-8-18(28)12-17(20)13-21-25(33)31-24(16-6-9-19(29)10-7-16)23(26(34)36-5-2)15(3)30-27(31)38-21/h6-13,24H,4-5,14H2,1-3H3/b21-13-/t24-/m1/s1. The molecule has 0 unspecified atom stereocenters. The molecular weight excluding hydrogens is 535 g/mol. The van der Waals surface area contributed by atoms with Crippen molar-refractivity contribution in [2.45, 2.75) is 26.8 Å². The van der Waals surface area contributed by atoms with Crippen LogP contribution in [0.15, 0.2) is 63.5 Å². The number of esters is 2. The van der Waals surface area contributed by atoms with Crippen molar-refractivity contribution in [3.05, 3.63) is 95.4 Å². The maximum Gasteiger partial charge on any atom is 0.344 e. The van der Waals surface area contributed by atoms with Crippen molar-refractivity contribution >= 4 is 41.0 Å². The Morgan fingerprint density at radius 2 is 1.84 bits per heavy atom. The summed E-state index contributed by atoms with van der Waals surface area (Å²) in [7, 11) is 0. The number of carbonyl (C=O) groups is 2. The molecule has 1 atom stereocenters. The molecule has 1 aromatic heterocycles. The van der Waals surface area contributed by atoms with Gasteiger partial charge in [0.15, 0.2) is 11.4 Å². The summed E-state index contributed by atoms with van der Waals surface area (Å²) in [4.78, 5) is 43.3. The second-order valence-electron chi connectivity index (χ2n) is 8.13. The Bertz CT molecular complexity index is 1590. The number of benzene rings is 2. The van der Waals surface area contributed by atoms with Crippen molar-refractivity contribution in [3.63, 3.8) is 0 Å². The molecule has 8 nitrogen and oxygen atoms in total. The third-order valence-electron chi connectivity index (χ3n) is 5.61. The van der Waals surface area contributed by atoms with Crippen molar-refractivity contribution in [1.82, 2.24) is 4.57 Å². The van der Waals surface area contributed by atoms with Crippen LogP contribution in [0.5, 0.6) is 5.75 Å². The third-order valence-corrected chi connectivity index (χ3v) is 6.83. The second-order valence-corrected chi connectivity index (χ2v) is 9.58. The normalized spacial score (nSPS) is 15.1. The molecular formula is C27H24ClFN2O6S. The van der Waals surface area contributed by atoms with Gasteiger partial charge in [-0.25, -0.2) is 19.0 Å². The van der Waals surface area contributed by atoms with Crippen LogP contribution in [0, 0.1) is 5.82 Å². The Labute approximate surface area is 226 Å². The van der Waals surface area contributed by atoms with E-state index in [4.69, 9.17) is 25.8 Å². The van der Waals surface area contributed by atoms with Crippen molar-refractivity contribution < 1.29 is 28.2 Å². The van der Waals surface area contributed by atoms with Crippen LogP contribution in [0.1, 0.15) is 37.9 Å². The summed E-state index contributed by atoms with van der Waals surface area (Å²) in [5.74, 6) is -1.27. The van der Waals surface area contributed by atoms with Crippen molar-refractivity contribution in [2.24, 2.45) is 4.99 Å². The minimum atomic E-state index is -0.869. The lowest BCUT2D eigenvalue weighted by atomic mass is 9.96. The maximum absolute atomic E-state index is 13.7. The minimum absolute atomic E-state index is 0.138. The molecule has 0 amide bonds. The first-order valence-electron chi connectivity index (χ1n) is 11.8. The number of hydrogen-bond acceptors (Lipinski definition) is 8. The lowest BCUT2D eigenvalue weighted by molar-refractivity contribution is -0.145. The highest BCUT2D eigenvalue weighted by Gasteiger charge is 2.33. The molecule has 2 heterocycles. The van der Waals surface area contributed by atoms with Gasteiger partial charge in [-0.2, -0.15) is 0 Å². The van der Waals surface area contributed by atoms with Gasteiger partial charge in [0, 0.05) is 10.6 Å². The first-order chi connectivity index (χ1) is 18.2. The number of hydrogen-bond donors (Lipinski definition) is 0. The highest BCUT2D eigenvalue weighted by molar-refractivity contribution is 7.07. The number of ether oxygens (including phenoxy) is 3. The number of aromatic nitrogens is 1. The SMILES string of the molecule is CCOC(=O)COc1ccc(Cl)cc1/C=c1\sc2n(c1=O)[C@H](c1ccc(F)cc1)C(C(=O)OCC)=C(C)N=2. The van der Waals surface area contributed by atoms with Gasteiger partial charge < -0.3 is 14.2 Å². The summed E-state index contributed by atoms with van der Waals surface area (Å²) in [6.45, 7) is 5.09. The molecule has 1 aliphatic heterocycles. The van der Waals surface area contributed by atoms with E-state index < -0.39 is 29.4 Å². The Hall–Kier alpha value is -3.76. The molecule has 0 bridgehead atoms. The van der Waals surface area contributed by atoms with Gasteiger partial charge in [-0.1, -0.05) is 35.1 Å². The number of carbonyl (C=O) groups excluding carboxylic acids is 2. The van der Waals surface area contributed by atoms with Gasteiger partial charge in [0.1, 0.15) is 11.6 Å². The number of allylic oxidation sites excluding steroid dienone is 1. The zero-order valence-corrected chi connectivity index (χ0v) is 22.4. The van der Waals surface area contributed by atoms with E-state index in [1.54, 1.807) is 45.0 Å². The molecule has 0 saturated heterocycles. The van der Waals surface area contributed by atoms with Crippen molar-refractivity contribution in [1.29, 1.82) is 0 Å². The van der Waals surface area contributed by atoms with Crippen LogP contribution < -0.4 is 19.6 Å². The Morgan fingerprint density at radius 1 is 1.13 bits per heavy atom. The molecule has 1 aliphatic rings. The molecule has 0 N–H and O–H groups in total. The van der Waals surface area contributed by atoms with Crippen LogP contribution in [0.3, 0.4) is 0 Å². The molecule has 38 heavy (non-hydrogen) atoms. The molecule has 0 saturated carbocycles. The Balaban J connectivity index is 1.86. The number of halogens is 2. The summed E-state index contributed by atoms with van der Waals surface area (Å²) in [5, 5.41) is 0.400. The molecule has 2 aromatic carbocycles. The van der Waals surface area contributed by atoms with Gasteiger partial charge in [-0.05, 0) is 62.7 Å². The average molecular weight is 559 g/mol. The fourth-order valence-electron chi connectivity index (χ4n) is 4.00. The maximum atomic E-state index is 13.7. The average Bonchev–Trinajstić information content (AvgIpc) is 3.17. The van der Waals surface area contributed by atoms with Crippen molar-refractivity contribution in [3.8, 4) is 5.75 Å². The predicted molar refractivity (Wildman–Crippen MR) is 140 cm³/mol. The first kappa shape index (κ1) is 27.3. The number of rotatable bonds is 8. The summed E-state index contributed by atoms with van der Waals surface area (Å²) in [6.07, 6.45) is 1.58. The van der Waals surface area contributed by atoms with E-state index in [0.29, 0.717) is 32.4 Å². The molecule has 4 rings (SSSR count). The Kier molecular flexibility index (Phi) is 8.43. The van der Waals surface area contributed by atoms with Crippen LogP contribution >= 0.6 is 22.9 Å². The highest BCUT2D eigenvalue weighted by atomic mass is 35.5. The van der Waals surface area contributed by atoms with E-state index in [9.17, 15) is 18.8 Å². The van der Waals surface area contributed by atoms with Gasteiger partial charge >= 0.3 is 11.9 Å². The quantitative estimate of drug-likeness (QED) is 0.393. The van der Waals surface area contributed by atoms with Crippen LogP contribution in [0.4, 0.5) is 4.39 Å².